The van der Waals surface area contributed by atoms with Crippen LogP contribution in [0.4, 0.5) is 0 Å². The first-order valence-electron chi connectivity index (χ1n) is 9.83. The van der Waals surface area contributed by atoms with Crippen LogP contribution in [0, 0.1) is 0 Å². The van der Waals surface area contributed by atoms with Crippen LogP contribution in [0.15, 0.2) is 53.4 Å². The zero-order valence-corrected chi connectivity index (χ0v) is 16.8. The van der Waals surface area contributed by atoms with Crippen molar-refractivity contribution in [1.82, 2.24) is 19.7 Å². The lowest BCUT2D eigenvalue weighted by Gasteiger charge is -2.46. The van der Waals surface area contributed by atoms with Gasteiger partial charge in [-0.25, -0.2) is 0 Å². The highest BCUT2D eigenvalue weighted by molar-refractivity contribution is 7.07. The zero-order chi connectivity index (χ0) is 19.8. The number of rotatable bonds is 4. The highest BCUT2D eigenvalue weighted by Gasteiger charge is 2.42. The summed E-state index contributed by atoms with van der Waals surface area (Å²) in [4.78, 5) is 36.0. The molecule has 3 aromatic rings. The van der Waals surface area contributed by atoms with E-state index in [1.165, 1.54) is 5.56 Å². The van der Waals surface area contributed by atoms with Crippen LogP contribution in [-0.2, 0) is 22.7 Å². The number of aromatic nitrogens is 1. The molecule has 2 aromatic heterocycles. The summed E-state index contributed by atoms with van der Waals surface area (Å²) in [7, 11) is 0. The van der Waals surface area contributed by atoms with Gasteiger partial charge in [-0.3, -0.25) is 19.5 Å². The maximum absolute atomic E-state index is 13.1. The average molecular weight is 407 g/mol. The minimum Gasteiger partial charge on any atom is -0.327 e. The van der Waals surface area contributed by atoms with Gasteiger partial charge in [0, 0.05) is 44.3 Å². The molecule has 29 heavy (non-hydrogen) atoms. The summed E-state index contributed by atoms with van der Waals surface area (Å²) in [5.74, 6) is 0.110. The molecule has 0 saturated carbocycles. The molecule has 2 saturated heterocycles. The van der Waals surface area contributed by atoms with E-state index in [4.69, 9.17) is 0 Å². The molecule has 0 aliphatic carbocycles. The van der Waals surface area contributed by atoms with Crippen LogP contribution in [0.5, 0.6) is 0 Å². The van der Waals surface area contributed by atoms with Crippen molar-refractivity contribution in [2.24, 2.45) is 0 Å². The van der Waals surface area contributed by atoms with Crippen molar-refractivity contribution in [2.45, 2.75) is 19.1 Å². The summed E-state index contributed by atoms with van der Waals surface area (Å²) in [5, 5.41) is 5.17. The molecule has 4 heterocycles. The second kappa shape index (κ2) is 7.57. The molecule has 1 aromatic carbocycles. The van der Waals surface area contributed by atoms with E-state index >= 15 is 0 Å². The van der Waals surface area contributed by atoms with Crippen LogP contribution in [0.3, 0.4) is 0 Å². The lowest BCUT2D eigenvalue weighted by atomic mass is 10.0. The molecular weight excluding hydrogens is 384 g/mol. The van der Waals surface area contributed by atoms with E-state index in [-0.39, 0.29) is 18.4 Å². The molecule has 0 N–H and O–H groups in total. The second-order valence-electron chi connectivity index (χ2n) is 7.65. The number of piperazine rings is 2. The first kappa shape index (κ1) is 18.3. The number of amides is 2. The first-order chi connectivity index (χ1) is 14.2. The molecule has 2 aliphatic rings. The fourth-order valence-corrected chi connectivity index (χ4v) is 4.98. The third kappa shape index (κ3) is 3.52. The standard InChI is InChI=1S/C22H22N4O2S/c27-21-14-25(11-16-6-10-29-15-16)22(28)20-13-24(8-9-26(20)21)12-17-3-1-5-19-18(17)4-2-7-23-19/h1-7,10,15,20H,8-9,11-14H2. The van der Waals surface area contributed by atoms with Crippen LogP contribution in [0.2, 0.25) is 0 Å². The van der Waals surface area contributed by atoms with Crippen molar-refractivity contribution in [1.29, 1.82) is 0 Å². The summed E-state index contributed by atoms with van der Waals surface area (Å²) in [6.45, 7) is 3.38. The van der Waals surface area contributed by atoms with Crippen LogP contribution in [0.1, 0.15) is 11.1 Å². The van der Waals surface area contributed by atoms with Crippen LogP contribution in [-0.4, -0.2) is 63.7 Å². The Morgan fingerprint density at radius 3 is 2.86 bits per heavy atom. The number of benzene rings is 1. The molecule has 5 rings (SSSR count). The third-order valence-electron chi connectivity index (χ3n) is 5.79. The van der Waals surface area contributed by atoms with Crippen LogP contribution in [0.25, 0.3) is 10.9 Å². The molecule has 2 amide bonds. The molecule has 148 valence electrons. The van der Waals surface area contributed by atoms with Crippen molar-refractivity contribution in [3.63, 3.8) is 0 Å². The minimum absolute atomic E-state index is 0.0545. The predicted molar refractivity (Wildman–Crippen MR) is 112 cm³/mol. The Morgan fingerprint density at radius 2 is 2.00 bits per heavy atom. The van der Waals surface area contributed by atoms with Gasteiger partial charge >= 0.3 is 0 Å². The Balaban J connectivity index is 1.34. The van der Waals surface area contributed by atoms with Crippen molar-refractivity contribution < 1.29 is 9.59 Å². The van der Waals surface area contributed by atoms with E-state index in [1.54, 1.807) is 27.3 Å². The molecule has 7 heteroatoms. The van der Waals surface area contributed by atoms with E-state index in [9.17, 15) is 9.59 Å². The summed E-state index contributed by atoms with van der Waals surface area (Å²) in [6, 6.07) is 11.8. The Hall–Kier alpha value is -2.77. The molecule has 1 atom stereocenters. The lowest BCUT2D eigenvalue weighted by Crippen LogP contribution is -2.66. The molecule has 0 bridgehead atoms. The summed E-state index contributed by atoms with van der Waals surface area (Å²) in [6.07, 6.45) is 1.80. The monoisotopic (exact) mass is 406 g/mol. The van der Waals surface area contributed by atoms with Gasteiger partial charge in [0.15, 0.2) is 0 Å². The molecule has 2 fully saturated rings. The van der Waals surface area contributed by atoms with Gasteiger partial charge in [0.25, 0.3) is 0 Å². The van der Waals surface area contributed by atoms with E-state index in [1.807, 2.05) is 35.0 Å². The van der Waals surface area contributed by atoms with Gasteiger partial charge in [-0.15, -0.1) is 0 Å². The Morgan fingerprint density at radius 1 is 1.07 bits per heavy atom. The number of fused-ring (bicyclic) bond motifs is 2. The maximum atomic E-state index is 13.1. The van der Waals surface area contributed by atoms with Gasteiger partial charge in [0.05, 0.1) is 5.52 Å². The second-order valence-corrected chi connectivity index (χ2v) is 8.43. The van der Waals surface area contributed by atoms with Crippen molar-refractivity contribution in [3.8, 4) is 0 Å². The van der Waals surface area contributed by atoms with E-state index in [0.29, 0.717) is 19.6 Å². The number of nitrogens with zero attached hydrogens (tertiary/aromatic N) is 4. The molecule has 1 unspecified atom stereocenters. The van der Waals surface area contributed by atoms with Crippen LogP contribution < -0.4 is 0 Å². The highest BCUT2D eigenvalue weighted by atomic mass is 32.1. The molecular formula is C22H22N4O2S. The smallest absolute Gasteiger partial charge is 0.247 e. The van der Waals surface area contributed by atoms with E-state index in [0.717, 1.165) is 29.6 Å². The SMILES string of the molecule is O=C1C2CN(Cc3cccc4ncccc34)CCN2C(=O)CN1Cc1ccsc1. The van der Waals surface area contributed by atoms with Gasteiger partial charge in [-0.1, -0.05) is 18.2 Å². The Labute approximate surface area is 173 Å². The minimum atomic E-state index is -0.392. The number of carbonyl (C=O) groups excluding carboxylic acids is 2. The van der Waals surface area contributed by atoms with Crippen molar-refractivity contribution in [2.75, 3.05) is 26.2 Å². The number of thiophene rings is 1. The zero-order valence-electron chi connectivity index (χ0n) is 16.0. The topological polar surface area (TPSA) is 56.8 Å². The summed E-state index contributed by atoms with van der Waals surface area (Å²) in [5.41, 5.74) is 3.27. The first-order valence-corrected chi connectivity index (χ1v) is 10.8. The number of hydrogen-bond acceptors (Lipinski definition) is 5. The highest BCUT2D eigenvalue weighted by Crippen LogP contribution is 2.23. The summed E-state index contributed by atoms with van der Waals surface area (Å²) >= 11 is 1.61. The lowest BCUT2D eigenvalue weighted by molar-refractivity contribution is -0.160. The van der Waals surface area contributed by atoms with Gasteiger partial charge in [0.1, 0.15) is 12.6 Å². The normalized spacial score (nSPS) is 20.3. The number of hydrogen-bond donors (Lipinski definition) is 0. The number of carbonyl (C=O) groups is 2. The molecule has 6 nitrogen and oxygen atoms in total. The van der Waals surface area contributed by atoms with Crippen molar-refractivity contribution >= 4 is 34.1 Å². The molecule has 0 spiro atoms. The molecule has 2 aliphatic heterocycles. The largest absolute Gasteiger partial charge is 0.327 e. The van der Waals surface area contributed by atoms with Crippen molar-refractivity contribution in [3.05, 3.63) is 64.5 Å². The quantitative estimate of drug-likeness (QED) is 0.668. The van der Waals surface area contributed by atoms with Gasteiger partial charge in [-0.05, 0) is 40.1 Å². The maximum Gasteiger partial charge on any atom is 0.247 e. The van der Waals surface area contributed by atoms with Gasteiger partial charge in [0.2, 0.25) is 11.8 Å². The predicted octanol–water partition coefficient (Wildman–Crippen LogP) is 2.35. The summed E-state index contributed by atoms with van der Waals surface area (Å²) < 4.78 is 0. The average Bonchev–Trinajstić information content (AvgIpc) is 3.25. The fraction of sp³-hybridized carbons (Fsp3) is 0.318. The Kier molecular flexibility index (Phi) is 4.77. The Bertz CT molecular complexity index is 1050. The number of pyridine rings is 1. The third-order valence-corrected chi connectivity index (χ3v) is 6.52. The van der Waals surface area contributed by atoms with E-state index in [2.05, 4.69) is 22.0 Å². The fourth-order valence-electron chi connectivity index (χ4n) is 4.32. The van der Waals surface area contributed by atoms with Gasteiger partial charge < -0.3 is 9.80 Å². The van der Waals surface area contributed by atoms with Crippen LogP contribution >= 0.6 is 11.3 Å². The molecule has 0 radical (unpaired) electrons. The van der Waals surface area contributed by atoms with Gasteiger partial charge in [-0.2, -0.15) is 11.3 Å². The van der Waals surface area contributed by atoms with E-state index < -0.39 is 6.04 Å².